The molecule has 0 aliphatic rings. The van der Waals surface area contributed by atoms with Gasteiger partial charge in [-0.05, 0) is 61.5 Å². The Morgan fingerprint density at radius 2 is 1.44 bits per heavy atom. The van der Waals surface area contributed by atoms with E-state index in [0.29, 0.717) is 39.9 Å². The maximum atomic E-state index is 12.9. The number of ether oxygens (including phenoxy) is 1. The van der Waals surface area contributed by atoms with Crippen LogP contribution in [0.1, 0.15) is 17.3 Å². The maximum Gasteiger partial charge on any atom is 0.255 e. The summed E-state index contributed by atoms with van der Waals surface area (Å²) in [5.74, 6) is 0.535. The molecular weight excluding hydrogens is 426 g/mol. The number of hydrogen-bond acceptors (Lipinski definition) is 6. The Balaban J connectivity index is 1.45. The number of aromatic nitrogens is 4. The zero-order chi connectivity index (χ0) is 23.1. The van der Waals surface area contributed by atoms with Crippen molar-refractivity contribution in [1.29, 1.82) is 0 Å². The normalized spacial score (nSPS) is 11.3. The molecule has 7 heteroatoms. The van der Waals surface area contributed by atoms with Gasteiger partial charge in [0.15, 0.2) is 0 Å². The molecule has 1 amide bonds. The van der Waals surface area contributed by atoms with Crippen molar-refractivity contribution in [3.63, 3.8) is 0 Å². The Hall–Kier alpha value is -4.65. The van der Waals surface area contributed by atoms with Crippen molar-refractivity contribution in [2.75, 3.05) is 11.9 Å². The van der Waals surface area contributed by atoms with E-state index in [0.717, 1.165) is 27.6 Å². The van der Waals surface area contributed by atoms with Gasteiger partial charge in [-0.1, -0.05) is 12.1 Å². The number of carbonyl (C=O) groups excluding carboxylic acids is 1. The van der Waals surface area contributed by atoms with Gasteiger partial charge in [-0.15, -0.1) is 0 Å². The Labute approximate surface area is 194 Å². The summed E-state index contributed by atoms with van der Waals surface area (Å²) in [6.45, 7) is 2.52. The quantitative estimate of drug-likeness (QED) is 0.283. The zero-order valence-electron chi connectivity index (χ0n) is 18.3. The fourth-order valence-electron chi connectivity index (χ4n) is 4.15. The molecule has 0 radical (unpaired) electrons. The van der Waals surface area contributed by atoms with Crippen LogP contribution in [-0.2, 0) is 0 Å². The van der Waals surface area contributed by atoms with E-state index in [1.807, 2.05) is 61.5 Å². The molecule has 1 N–H and O–H groups in total. The van der Waals surface area contributed by atoms with E-state index in [1.54, 1.807) is 24.5 Å². The molecule has 3 heterocycles. The van der Waals surface area contributed by atoms with Crippen molar-refractivity contribution < 1.29 is 9.53 Å². The summed E-state index contributed by atoms with van der Waals surface area (Å²) in [4.78, 5) is 31.8. The summed E-state index contributed by atoms with van der Waals surface area (Å²) >= 11 is 0. The fourth-order valence-corrected chi connectivity index (χ4v) is 4.15. The van der Waals surface area contributed by atoms with Crippen LogP contribution in [-0.4, -0.2) is 32.4 Å². The number of nitrogens with zero attached hydrogens (tertiary/aromatic N) is 4. The molecule has 0 fully saturated rings. The number of amides is 1. The van der Waals surface area contributed by atoms with Gasteiger partial charge in [0.05, 0.1) is 28.7 Å². The molecule has 0 atom stereocenters. The molecule has 0 spiro atoms. The van der Waals surface area contributed by atoms with Crippen LogP contribution in [0.2, 0.25) is 0 Å². The van der Waals surface area contributed by atoms with Gasteiger partial charge in [0.25, 0.3) is 5.91 Å². The summed E-state index contributed by atoms with van der Waals surface area (Å²) in [6, 6.07) is 20.4. The molecule has 0 saturated heterocycles. The van der Waals surface area contributed by atoms with E-state index in [1.165, 1.54) is 0 Å². The molecule has 6 aromatic rings. The van der Waals surface area contributed by atoms with E-state index in [9.17, 15) is 4.79 Å². The number of anilines is 1. The maximum absolute atomic E-state index is 12.9. The molecule has 6 rings (SSSR count). The molecule has 7 nitrogen and oxygen atoms in total. The van der Waals surface area contributed by atoms with Crippen LogP contribution in [0.4, 0.5) is 5.69 Å². The third-order valence-corrected chi connectivity index (χ3v) is 5.70. The number of carbonyl (C=O) groups is 1. The van der Waals surface area contributed by atoms with Crippen LogP contribution in [0.25, 0.3) is 43.9 Å². The van der Waals surface area contributed by atoms with Gasteiger partial charge in [-0.3, -0.25) is 14.8 Å². The van der Waals surface area contributed by atoms with Gasteiger partial charge in [0.1, 0.15) is 16.8 Å². The summed E-state index contributed by atoms with van der Waals surface area (Å²) in [7, 11) is 0. The first kappa shape index (κ1) is 20.0. The smallest absolute Gasteiger partial charge is 0.255 e. The van der Waals surface area contributed by atoms with Crippen molar-refractivity contribution >= 4 is 55.5 Å². The molecular formula is C27H19N5O2. The highest BCUT2D eigenvalue weighted by Gasteiger charge is 2.15. The Kier molecular flexibility index (Phi) is 4.73. The van der Waals surface area contributed by atoms with Gasteiger partial charge < -0.3 is 10.1 Å². The number of hydrogen-bond donors (Lipinski definition) is 1. The summed E-state index contributed by atoms with van der Waals surface area (Å²) in [5.41, 5.74) is 5.39. The minimum Gasteiger partial charge on any atom is -0.494 e. The summed E-state index contributed by atoms with van der Waals surface area (Å²) < 4.78 is 5.45. The highest BCUT2D eigenvalue weighted by atomic mass is 16.5. The molecule has 3 aromatic carbocycles. The second-order valence-corrected chi connectivity index (χ2v) is 7.83. The Morgan fingerprint density at radius 3 is 2.09 bits per heavy atom. The lowest BCUT2D eigenvalue weighted by Crippen LogP contribution is -2.12. The predicted octanol–water partition coefficient (Wildman–Crippen LogP) is 5.53. The standard InChI is InChI=1S/C27H19N5O2/c1-2-34-18-10-8-17(9-11-18)30-27(33)16-7-12-21-22(15-16)32-26-24-20(6-4-14-29-24)19-5-3-13-28-23(19)25(26)31-21/h3-15H,2H2,1H3,(H,30,33). The number of rotatable bonds is 4. The van der Waals surface area contributed by atoms with Crippen molar-refractivity contribution in [1.82, 2.24) is 19.9 Å². The molecule has 0 saturated carbocycles. The van der Waals surface area contributed by atoms with E-state index in [4.69, 9.17) is 14.7 Å². The van der Waals surface area contributed by atoms with Crippen LogP contribution in [0, 0.1) is 0 Å². The van der Waals surface area contributed by atoms with E-state index in [2.05, 4.69) is 15.3 Å². The number of benzene rings is 3. The van der Waals surface area contributed by atoms with Crippen molar-refractivity contribution in [3.8, 4) is 5.75 Å². The van der Waals surface area contributed by atoms with Gasteiger partial charge >= 0.3 is 0 Å². The summed E-state index contributed by atoms with van der Waals surface area (Å²) in [6.07, 6.45) is 3.50. The Bertz CT molecular complexity index is 1710. The SMILES string of the molecule is CCOc1ccc(NC(=O)c2ccc3nc4c5ncccc5c5cccnc5c4nc3c2)cc1. The second-order valence-electron chi connectivity index (χ2n) is 7.83. The third-order valence-electron chi connectivity index (χ3n) is 5.70. The van der Waals surface area contributed by atoms with Crippen LogP contribution >= 0.6 is 0 Å². The molecule has 0 aliphatic carbocycles. The number of pyridine rings is 2. The van der Waals surface area contributed by atoms with Crippen molar-refractivity contribution in [2.45, 2.75) is 6.92 Å². The third kappa shape index (κ3) is 3.34. The minimum atomic E-state index is -0.226. The lowest BCUT2D eigenvalue weighted by Gasteiger charge is -2.10. The van der Waals surface area contributed by atoms with Gasteiger partial charge in [-0.2, -0.15) is 0 Å². The molecule has 0 bridgehead atoms. The van der Waals surface area contributed by atoms with Crippen molar-refractivity contribution in [3.05, 3.63) is 84.7 Å². The van der Waals surface area contributed by atoms with Gasteiger partial charge in [0.2, 0.25) is 0 Å². The predicted molar refractivity (Wildman–Crippen MR) is 133 cm³/mol. The molecule has 0 aliphatic heterocycles. The first-order valence-electron chi connectivity index (χ1n) is 11.0. The topological polar surface area (TPSA) is 89.9 Å². The van der Waals surface area contributed by atoms with Crippen LogP contribution < -0.4 is 10.1 Å². The second kappa shape index (κ2) is 8.04. The summed E-state index contributed by atoms with van der Waals surface area (Å²) in [5, 5.41) is 4.87. The first-order valence-corrected chi connectivity index (χ1v) is 11.0. The number of fused-ring (bicyclic) bond motifs is 7. The lowest BCUT2D eigenvalue weighted by atomic mass is 10.1. The van der Waals surface area contributed by atoms with Crippen molar-refractivity contribution in [2.24, 2.45) is 0 Å². The fraction of sp³-hybridized carbons (Fsp3) is 0.0741. The van der Waals surface area contributed by atoms with Crippen LogP contribution in [0.5, 0.6) is 5.75 Å². The average Bonchev–Trinajstić information content (AvgIpc) is 2.89. The van der Waals surface area contributed by atoms with E-state index >= 15 is 0 Å². The molecule has 34 heavy (non-hydrogen) atoms. The minimum absolute atomic E-state index is 0.226. The number of nitrogens with one attached hydrogen (secondary N) is 1. The van der Waals surface area contributed by atoms with Gasteiger partial charge in [0, 0.05) is 34.4 Å². The van der Waals surface area contributed by atoms with Gasteiger partial charge in [-0.25, -0.2) is 9.97 Å². The monoisotopic (exact) mass is 445 g/mol. The van der Waals surface area contributed by atoms with E-state index in [-0.39, 0.29) is 5.91 Å². The zero-order valence-corrected chi connectivity index (χ0v) is 18.3. The molecule has 3 aromatic heterocycles. The Morgan fingerprint density at radius 1 is 0.794 bits per heavy atom. The highest BCUT2D eigenvalue weighted by molar-refractivity contribution is 6.21. The largest absolute Gasteiger partial charge is 0.494 e. The molecule has 0 unspecified atom stereocenters. The lowest BCUT2D eigenvalue weighted by molar-refractivity contribution is 0.102. The van der Waals surface area contributed by atoms with Crippen LogP contribution in [0.15, 0.2) is 79.1 Å². The van der Waals surface area contributed by atoms with Crippen LogP contribution in [0.3, 0.4) is 0 Å². The highest BCUT2D eigenvalue weighted by Crippen LogP contribution is 2.31. The average molecular weight is 445 g/mol. The van der Waals surface area contributed by atoms with E-state index < -0.39 is 0 Å². The first-order chi connectivity index (χ1) is 16.7. The molecule has 164 valence electrons.